The molecule has 1 unspecified atom stereocenters. The van der Waals surface area contributed by atoms with Gasteiger partial charge in [0.1, 0.15) is 0 Å². The Morgan fingerprint density at radius 2 is 2.11 bits per heavy atom. The van der Waals surface area contributed by atoms with Crippen LogP contribution in [0.1, 0.15) is 19.4 Å². The summed E-state index contributed by atoms with van der Waals surface area (Å²) < 4.78 is 23.2. The lowest BCUT2D eigenvalue weighted by atomic mass is 10.1. The smallest absolute Gasteiger partial charge is 0.175 e. The average molecular weight is 280 g/mol. The largest absolute Gasteiger partial charge is 0.361 e. The molecule has 104 valence electrons. The van der Waals surface area contributed by atoms with E-state index >= 15 is 0 Å². The first kappa shape index (κ1) is 14.1. The van der Waals surface area contributed by atoms with E-state index in [2.05, 4.69) is 24.1 Å². The van der Waals surface area contributed by atoms with Crippen molar-refractivity contribution in [2.75, 3.05) is 12.8 Å². The number of rotatable bonds is 5. The van der Waals surface area contributed by atoms with Crippen LogP contribution in [-0.2, 0) is 16.3 Å². The zero-order chi connectivity index (χ0) is 14.0. The molecule has 0 saturated heterocycles. The summed E-state index contributed by atoms with van der Waals surface area (Å²) in [4.78, 5) is 3.56. The molecule has 4 nitrogen and oxygen atoms in total. The fraction of sp³-hybridized carbons (Fsp3) is 0.429. The summed E-state index contributed by atoms with van der Waals surface area (Å²) >= 11 is 0. The number of aromatic nitrogens is 1. The second-order valence-corrected chi connectivity index (χ2v) is 6.97. The number of benzene rings is 1. The second kappa shape index (κ2) is 5.35. The molecule has 0 fully saturated rings. The van der Waals surface area contributed by atoms with Gasteiger partial charge in [0.25, 0.3) is 0 Å². The third-order valence-corrected chi connectivity index (χ3v) is 4.36. The quantitative estimate of drug-likeness (QED) is 0.882. The number of nitrogens with one attached hydrogen (secondary N) is 2. The van der Waals surface area contributed by atoms with Crippen molar-refractivity contribution in [3.63, 3.8) is 0 Å². The third kappa shape index (κ3) is 3.16. The van der Waals surface area contributed by atoms with Crippen LogP contribution in [0.2, 0.25) is 0 Å². The van der Waals surface area contributed by atoms with E-state index in [1.807, 2.05) is 12.3 Å². The van der Waals surface area contributed by atoms with Crippen LogP contribution in [0.25, 0.3) is 10.9 Å². The van der Waals surface area contributed by atoms with Gasteiger partial charge in [0.05, 0.1) is 4.90 Å². The van der Waals surface area contributed by atoms with Crippen LogP contribution in [0.3, 0.4) is 0 Å². The van der Waals surface area contributed by atoms with Gasteiger partial charge in [-0.3, -0.25) is 0 Å². The molecule has 1 aromatic carbocycles. The molecular weight excluding hydrogens is 260 g/mol. The predicted octanol–water partition coefficient (Wildman–Crippen LogP) is 2.11. The van der Waals surface area contributed by atoms with E-state index in [0.29, 0.717) is 10.9 Å². The average Bonchev–Trinajstić information content (AvgIpc) is 2.71. The van der Waals surface area contributed by atoms with Gasteiger partial charge < -0.3 is 10.3 Å². The predicted molar refractivity (Wildman–Crippen MR) is 78.3 cm³/mol. The van der Waals surface area contributed by atoms with Crippen LogP contribution in [0, 0.1) is 0 Å². The molecular formula is C14H20N2O2S. The molecule has 0 aliphatic rings. The Morgan fingerprint density at radius 3 is 2.74 bits per heavy atom. The SMILES string of the molecule is CCNC(C)Cc1c[nH]c2ccc(S(C)(=O)=O)cc12. The van der Waals surface area contributed by atoms with Crippen molar-refractivity contribution in [2.24, 2.45) is 0 Å². The first-order valence-corrected chi connectivity index (χ1v) is 8.34. The summed E-state index contributed by atoms with van der Waals surface area (Å²) in [5.74, 6) is 0. The van der Waals surface area contributed by atoms with Gasteiger partial charge >= 0.3 is 0 Å². The van der Waals surface area contributed by atoms with Crippen molar-refractivity contribution in [1.29, 1.82) is 0 Å². The van der Waals surface area contributed by atoms with E-state index in [9.17, 15) is 8.42 Å². The Hall–Kier alpha value is -1.33. The lowest BCUT2D eigenvalue weighted by Gasteiger charge is -2.11. The molecule has 1 atom stereocenters. The second-order valence-electron chi connectivity index (χ2n) is 4.96. The highest BCUT2D eigenvalue weighted by molar-refractivity contribution is 7.90. The number of hydrogen-bond donors (Lipinski definition) is 2. The zero-order valence-corrected chi connectivity index (χ0v) is 12.3. The van der Waals surface area contributed by atoms with Crippen LogP contribution < -0.4 is 5.32 Å². The Bertz CT molecular complexity index is 674. The standard InChI is InChI=1S/C14H20N2O2S/c1-4-15-10(2)7-11-9-16-14-6-5-12(8-13(11)14)19(3,17)18/h5-6,8-10,15-16H,4,7H2,1-3H3. The number of aromatic amines is 1. The van der Waals surface area contributed by atoms with Crippen molar-refractivity contribution in [3.8, 4) is 0 Å². The monoisotopic (exact) mass is 280 g/mol. The highest BCUT2D eigenvalue weighted by atomic mass is 32.2. The van der Waals surface area contributed by atoms with E-state index < -0.39 is 9.84 Å². The Morgan fingerprint density at radius 1 is 1.37 bits per heavy atom. The van der Waals surface area contributed by atoms with Crippen LogP contribution >= 0.6 is 0 Å². The number of hydrogen-bond acceptors (Lipinski definition) is 3. The summed E-state index contributed by atoms with van der Waals surface area (Å²) in [6, 6.07) is 5.60. The molecule has 0 spiro atoms. The minimum atomic E-state index is -3.16. The van der Waals surface area contributed by atoms with Gasteiger partial charge in [0.2, 0.25) is 0 Å². The molecule has 2 N–H and O–H groups in total. The van der Waals surface area contributed by atoms with E-state index in [1.54, 1.807) is 12.1 Å². The summed E-state index contributed by atoms with van der Waals surface area (Å²) in [5, 5.41) is 4.35. The summed E-state index contributed by atoms with van der Waals surface area (Å²) in [6.45, 7) is 5.13. The Kier molecular flexibility index (Phi) is 3.96. The van der Waals surface area contributed by atoms with Crippen molar-refractivity contribution in [1.82, 2.24) is 10.3 Å². The summed E-state index contributed by atoms with van der Waals surface area (Å²) in [5.41, 5.74) is 2.13. The molecule has 1 aromatic heterocycles. The molecule has 0 aliphatic heterocycles. The molecule has 5 heteroatoms. The molecule has 0 radical (unpaired) electrons. The number of fused-ring (bicyclic) bond motifs is 1. The van der Waals surface area contributed by atoms with Gasteiger partial charge in [-0.1, -0.05) is 6.92 Å². The maximum Gasteiger partial charge on any atom is 0.175 e. The van der Waals surface area contributed by atoms with Crippen LogP contribution in [-0.4, -0.2) is 32.2 Å². The van der Waals surface area contributed by atoms with Crippen molar-refractivity contribution in [3.05, 3.63) is 30.0 Å². The van der Waals surface area contributed by atoms with E-state index in [0.717, 1.165) is 29.4 Å². The highest BCUT2D eigenvalue weighted by Crippen LogP contribution is 2.23. The van der Waals surface area contributed by atoms with E-state index in [-0.39, 0.29) is 0 Å². The molecule has 0 saturated carbocycles. The first-order valence-electron chi connectivity index (χ1n) is 6.45. The maximum absolute atomic E-state index is 11.6. The third-order valence-electron chi connectivity index (χ3n) is 3.25. The first-order chi connectivity index (χ1) is 8.91. The molecule has 2 rings (SSSR count). The normalized spacial score (nSPS) is 13.8. The van der Waals surface area contributed by atoms with Gasteiger partial charge in [-0.05, 0) is 43.7 Å². The highest BCUT2D eigenvalue weighted by Gasteiger charge is 2.12. The molecule has 0 amide bonds. The number of H-pyrrole nitrogens is 1. The molecule has 1 heterocycles. The minimum absolute atomic E-state index is 0.367. The maximum atomic E-state index is 11.6. The van der Waals surface area contributed by atoms with E-state index in [4.69, 9.17) is 0 Å². The summed E-state index contributed by atoms with van der Waals surface area (Å²) in [7, 11) is -3.16. The lowest BCUT2D eigenvalue weighted by Crippen LogP contribution is -2.27. The van der Waals surface area contributed by atoms with Crippen molar-refractivity contribution >= 4 is 20.7 Å². The van der Waals surface area contributed by atoms with Crippen molar-refractivity contribution < 1.29 is 8.42 Å². The zero-order valence-electron chi connectivity index (χ0n) is 11.5. The fourth-order valence-corrected chi connectivity index (χ4v) is 2.95. The molecule has 2 aromatic rings. The van der Waals surface area contributed by atoms with Crippen LogP contribution in [0.15, 0.2) is 29.3 Å². The molecule has 0 bridgehead atoms. The lowest BCUT2D eigenvalue weighted by molar-refractivity contribution is 0.567. The van der Waals surface area contributed by atoms with Gasteiger partial charge in [-0.25, -0.2) is 8.42 Å². The Balaban J connectivity index is 2.40. The van der Waals surface area contributed by atoms with Gasteiger partial charge in [-0.15, -0.1) is 0 Å². The fourth-order valence-electron chi connectivity index (χ4n) is 2.31. The number of likely N-dealkylation sites (N-methyl/N-ethyl adjacent to an activating group) is 1. The van der Waals surface area contributed by atoms with Crippen molar-refractivity contribution in [2.45, 2.75) is 31.2 Å². The topological polar surface area (TPSA) is 62.0 Å². The molecule has 19 heavy (non-hydrogen) atoms. The van der Waals surface area contributed by atoms with Crippen LogP contribution in [0.5, 0.6) is 0 Å². The van der Waals surface area contributed by atoms with Gasteiger partial charge in [0.15, 0.2) is 9.84 Å². The minimum Gasteiger partial charge on any atom is -0.361 e. The van der Waals surface area contributed by atoms with Gasteiger partial charge in [-0.2, -0.15) is 0 Å². The number of sulfone groups is 1. The summed E-state index contributed by atoms with van der Waals surface area (Å²) in [6.07, 6.45) is 4.08. The van der Waals surface area contributed by atoms with Gasteiger partial charge in [0, 0.05) is 29.4 Å². The Labute approximate surface area is 114 Å². The van der Waals surface area contributed by atoms with E-state index in [1.165, 1.54) is 6.26 Å². The van der Waals surface area contributed by atoms with Crippen LogP contribution in [0.4, 0.5) is 0 Å². The molecule has 0 aliphatic carbocycles.